The molecule has 78 valence electrons. The average Bonchev–Trinajstić information content (AvgIpc) is 1.95. The lowest BCUT2D eigenvalue weighted by molar-refractivity contribution is -0.110. The third-order valence-corrected chi connectivity index (χ3v) is 5.12. The summed E-state index contributed by atoms with van der Waals surface area (Å²) in [4.78, 5) is 11.0. The maximum absolute atomic E-state index is 11.0. The molecule has 0 aromatic rings. The predicted molar refractivity (Wildman–Crippen MR) is 69.9 cm³/mol. The van der Waals surface area contributed by atoms with Gasteiger partial charge in [0.25, 0.3) is 0 Å². The highest BCUT2D eigenvalue weighted by molar-refractivity contribution is 14.1. The molecule has 0 saturated carbocycles. The number of carbonyl (C=O) groups is 1. The van der Waals surface area contributed by atoms with E-state index in [1.165, 1.54) is 0 Å². The van der Waals surface area contributed by atoms with E-state index in [4.69, 9.17) is 5.84 Å². The first-order valence-electron chi connectivity index (χ1n) is 3.83. The highest BCUT2D eigenvalue weighted by atomic mass is 127. The second-order valence-electron chi connectivity index (χ2n) is 3.50. The van der Waals surface area contributed by atoms with Gasteiger partial charge in [0.15, 0.2) is 0 Å². The lowest BCUT2D eigenvalue weighted by Crippen LogP contribution is -2.40. The summed E-state index contributed by atoms with van der Waals surface area (Å²) in [7, 11) is 3.43. The van der Waals surface area contributed by atoms with E-state index in [2.05, 4.69) is 26.2 Å². The van der Waals surface area contributed by atoms with Gasteiger partial charge in [0.05, 0.1) is 6.04 Å². The van der Waals surface area contributed by atoms with Gasteiger partial charge in [0.1, 0.15) is 0 Å². The molecule has 0 fully saturated rings. The van der Waals surface area contributed by atoms with Gasteiger partial charge in [0, 0.05) is 33.1 Å². The molecule has 0 spiro atoms. The lowest BCUT2D eigenvalue weighted by Gasteiger charge is -2.18. The fraction of sp³-hybridized carbons (Fsp3) is 0.857. The van der Waals surface area contributed by atoms with E-state index in [0.29, 0.717) is 5.75 Å². The Bertz CT molecular complexity index is 172. The van der Waals surface area contributed by atoms with Gasteiger partial charge in [-0.2, -0.15) is 0 Å². The molecule has 0 rings (SSSR count). The SMILES string of the molecule is CC(C)(C)SSC[C@H](NN)C(=O)I. The highest BCUT2D eigenvalue weighted by Crippen LogP contribution is 2.35. The molecule has 0 unspecified atom stereocenters. The molecule has 6 heteroatoms. The monoisotopic (exact) mass is 334 g/mol. The summed E-state index contributed by atoms with van der Waals surface area (Å²) < 4.78 is 0.278. The standard InChI is InChI=1S/C7H15IN2OS2/c1-7(2,3)13-12-4-5(10-9)6(8)11/h5,10H,4,9H2,1-3H3/t5-/m0/s1. The van der Waals surface area contributed by atoms with Crippen LogP contribution in [0.2, 0.25) is 0 Å². The van der Waals surface area contributed by atoms with Gasteiger partial charge in [-0.25, -0.2) is 5.43 Å². The number of hydrogen-bond acceptors (Lipinski definition) is 5. The third kappa shape index (κ3) is 8.04. The second kappa shape index (κ2) is 6.49. The first kappa shape index (κ1) is 14.0. The van der Waals surface area contributed by atoms with E-state index in [0.717, 1.165) is 0 Å². The molecule has 0 amide bonds. The Morgan fingerprint density at radius 3 is 2.46 bits per heavy atom. The normalized spacial score (nSPS) is 14.2. The van der Waals surface area contributed by atoms with Gasteiger partial charge >= 0.3 is 0 Å². The highest BCUT2D eigenvalue weighted by Gasteiger charge is 2.16. The van der Waals surface area contributed by atoms with Gasteiger partial charge in [-0.1, -0.05) is 42.4 Å². The topological polar surface area (TPSA) is 55.1 Å². The maximum Gasteiger partial charge on any atom is 0.211 e. The molecule has 3 nitrogen and oxygen atoms in total. The predicted octanol–water partition coefficient (Wildman–Crippen LogP) is 1.96. The molecule has 1 atom stereocenters. The van der Waals surface area contributed by atoms with Crippen molar-refractivity contribution < 1.29 is 4.79 Å². The molecule has 3 N–H and O–H groups in total. The van der Waals surface area contributed by atoms with E-state index in [1.54, 1.807) is 44.2 Å². The van der Waals surface area contributed by atoms with Crippen LogP contribution < -0.4 is 11.3 Å². The molecule has 0 radical (unpaired) electrons. The van der Waals surface area contributed by atoms with Crippen molar-refractivity contribution in [2.75, 3.05) is 5.75 Å². The number of hydrazine groups is 1. The van der Waals surface area contributed by atoms with Crippen LogP contribution in [0.3, 0.4) is 0 Å². The summed E-state index contributed by atoms with van der Waals surface area (Å²) in [5.41, 5.74) is 2.50. The third-order valence-electron chi connectivity index (χ3n) is 1.02. The van der Waals surface area contributed by atoms with Gasteiger partial charge < -0.3 is 0 Å². The van der Waals surface area contributed by atoms with Crippen molar-refractivity contribution in [3.8, 4) is 0 Å². The molecule has 0 aromatic carbocycles. The fourth-order valence-electron chi connectivity index (χ4n) is 0.458. The van der Waals surface area contributed by atoms with Crippen LogP contribution in [-0.2, 0) is 4.79 Å². The summed E-state index contributed by atoms with van der Waals surface area (Å²) in [6, 6.07) is -0.236. The van der Waals surface area contributed by atoms with Gasteiger partial charge in [0.2, 0.25) is 3.79 Å². The van der Waals surface area contributed by atoms with E-state index in [1.807, 2.05) is 0 Å². The van der Waals surface area contributed by atoms with Crippen LogP contribution in [0, 0.1) is 0 Å². The van der Waals surface area contributed by atoms with E-state index < -0.39 is 0 Å². The Kier molecular flexibility index (Phi) is 7.00. The minimum atomic E-state index is -0.236. The maximum atomic E-state index is 11.0. The van der Waals surface area contributed by atoms with Crippen LogP contribution in [0.1, 0.15) is 20.8 Å². The quantitative estimate of drug-likeness (QED) is 0.265. The molecular formula is C7H15IN2OS2. The van der Waals surface area contributed by atoms with Gasteiger partial charge in [-0.3, -0.25) is 10.6 Å². The summed E-state index contributed by atoms with van der Waals surface area (Å²) >= 11 is 1.76. The first-order valence-corrected chi connectivity index (χ1v) is 7.22. The number of hydrogen-bond donors (Lipinski definition) is 2. The van der Waals surface area contributed by atoms with Crippen molar-refractivity contribution in [3.63, 3.8) is 0 Å². The van der Waals surface area contributed by atoms with Crippen molar-refractivity contribution >= 4 is 48.0 Å². The van der Waals surface area contributed by atoms with Crippen molar-refractivity contribution in [3.05, 3.63) is 0 Å². The van der Waals surface area contributed by atoms with E-state index in [-0.39, 0.29) is 14.6 Å². The molecular weight excluding hydrogens is 319 g/mol. The van der Waals surface area contributed by atoms with Gasteiger partial charge in [-0.15, -0.1) is 0 Å². The Morgan fingerprint density at radius 1 is 1.62 bits per heavy atom. The van der Waals surface area contributed by atoms with Crippen LogP contribution in [0.5, 0.6) is 0 Å². The molecule has 0 aromatic heterocycles. The molecule has 0 heterocycles. The number of nitrogens with two attached hydrogens (primary N) is 1. The molecule has 13 heavy (non-hydrogen) atoms. The van der Waals surface area contributed by atoms with Crippen LogP contribution in [-0.4, -0.2) is 20.3 Å². The summed E-state index contributed by atoms with van der Waals surface area (Å²) in [5, 5.41) is 0. The van der Waals surface area contributed by atoms with Crippen molar-refractivity contribution in [1.29, 1.82) is 0 Å². The summed E-state index contributed by atoms with van der Waals surface area (Å²) in [6.07, 6.45) is 0. The van der Waals surface area contributed by atoms with Crippen molar-refractivity contribution in [1.82, 2.24) is 5.43 Å². The molecule has 0 aliphatic carbocycles. The zero-order chi connectivity index (χ0) is 10.5. The first-order chi connectivity index (χ1) is 5.87. The molecule has 0 bridgehead atoms. The van der Waals surface area contributed by atoms with Crippen molar-refractivity contribution in [2.24, 2.45) is 5.84 Å². The Labute approximate surface area is 101 Å². The minimum absolute atomic E-state index is 0.0575. The van der Waals surface area contributed by atoms with E-state index in [9.17, 15) is 4.79 Å². The largest absolute Gasteiger partial charge is 0.286 e. The number of halogens is 1. The minimum Gasteiger partial charge on any atom is -0.286 e. The molecule has 0 aliphatic heterocycles. The van der Waals surface area contributed by atoms with Gasteiger partial charge in [-0.05, 0) is 0 Å². The number of carbonyl (C=O) groups excluding carboxylic acids is 1. The zero-order valence-corrected chi connectivity index (χ0v) is 11.8. The van der Waals surface area contributed by atoms with Crippen LogP contribution >= 0.6 is 44.2 Å². The summed E-state index contributed by atoms with van der Waals surface area (Å²) in [6.45, 7) is 6.42. The summed E-state index contributed by atoms with van der Waals surface area (Å²) in [5.74, 6) is 5.93. The fourth-order valence-corrected chi connectivity index (χ4v) is 3.64. The van der Waals surface area contributed by atoms with Crippen molar-refractivity contribution in [2.45, 2.75) is 31.6 Å². The lowest BCUT2D eigenvalue weighted by atomic mass is 10.3. The number of nitrogens with one attached hydrogen (secondary N) is 1. The van der Waals surface area contributed by atoms with Crippen LogP contribution in [0.25, 0.3) is 0 Å². The van der Waals surface area contributed by atoms with Crippen LogP contribution in [0.15, 0.2) is 0 Å². The molecule has 0 saturated heterocycles. The molecule has 0 aliphatic rings. The Morgan fingerprint density at radius 2 is 2.15 bits per heavy atom. The van der Waals surface area contributed by atoms with E-state index >= 15 is 0 Å². The van der Waals surface area contributed by atoms with Crippen LogP contribution in [0.4, 0.5) is 0 Å². The smallest absolute Gasteiger partial charge is 0.211 e. The number of rotatable bonds is 5. The average molecular weight is 334 g/mol. The zero-order valence-electron chi connectivity index (χ0n) is 7.96. The Balaban J connectivity index is 3.68. The second-order valence-corrected chi connectivity index (χ2v) is 7.73. The Hall–Kier alpha value is 1.02.